The molecule has 0 aliphatic heterocycles. The van der Waals surface area contributed by atoms with Gasteiger partial charge in [0.15, 0.2) is 0 Å². The highest BCUT2D eigenvalue weighted by atomic mass is 19.1. The van der Waals surface area contributed by atoms with E-state index < -0.39 is 0 Å². The Hall–Kier alpha value is -4.40. The van der Waals surface area contributed by atoms with Crippen LogP contribution in [0.25, 0.3) is 0 Å². The standard InChI is InChI=1S/C25H25FN4O4/c1-16(31)29-20-11-12-23(34-2)22(13-20)30-24(32)15-27-19-9-7-17(8-10-19)25(33)28-14-18-5-3-4-6-21(18)26/h3-13,27H,14-15H2,1-2H3,(H,28,33)(H,29,31)(H,30,32). The molecule has 4 N–H and O–H groups in total. The molecule has 0 fully saturated rings. The fourth-order valence-corrected chi connectivity index (χ4v) is 3.12. The van der Waals surface area contributed by atoms with Gasteiger partial charge in [-0.25, -0.2) is 4.39 Å². The van der Waals surface area contributed by atoms with Crippen LogP contribution < -0.4 is 26.0 Å². The molecular formula is C25H25FN4O4. The van der Waals surface area contributed by atoms with Gasteiger partial charge in [-0.2, -0.15) is 0 Å². The topological polar surface area (TPSA) is 109 Å². The summed E-state index contributed by atoms with van der Waals surface area (Å²) in [7, 11) is 1.48. The maximum absolute atomic E-state index is 13.7. The maximum atomic E-state index is 13.7. The van der Waals surface area contributed by atoms with Crippen LogP contribution in [0.5, 0.6) is 5.75 Å². The average Bonchev–Trinajstić information content (AvgIpc) is 2.82. The predicted octanol–water partition coefficient (Wildman–Crippen LogP) is 3.77. The molecule has 3 amide bonds. The third-order valence-electron chi connectivity index (χ3n) is 4.79. The van der Waals surface area contributed by atoms with Gasteiger partial charge in [-0.3, -0.25) is 14.4 Å². The quantitative estimate of drug-likeness (QED) is 0.386. The zero-order chi connectivity index (χ0) is 24.5. The molecule has 0 aromatic heterocycles. The van der Waals surface area contributed by atoms with Gasteiger partial charge in [0.05, 0.1) is 19.3 Å². The highest BCUT2D eigenvalue weighted by Crippen LogP contribution is 2.27. The van der Waals surface area contributed by atoms with Gasteiger partial charge in [-0.05, 0) is 48.5 Å². The Morgan fingerprint density at radius 2 is 1.62 bits per heavy atom. The number of nitrogens with one attached hydrogen (secondary N) is 4. The minimum atomic E-state index is -0.375. The Kier molecular flexibility index (Phi) is 8.17. The second kappa shape index (κ2) is 11.5. The van der Waals surface area contributed by atoms with Crippen molar-refractivity contribution in [2.75, 3.05) is 29.6 Å². The molecule has 0 bridgehead atoms. The van der Waals surface area contributed by atoms with Gasteiger partial charge in [0, 0.05) is 36.0 Å². The van der Waals surface area contributed by atoms with Gasteiger partial charge in [0.25, 0.3) is 5.91 Å². The molecule has 9 heteroatoms. The van der Waals surface area contributed by atoms with Crippen LogP contribution >= 0.6 is 0 Å². The van der Waals surface area contributed by atoms with Crippen molar-refractivity contribution in [1.82, 2.24) is 5.32 Å². The third-order valence-corrected chi connectivity index (χ3v) is 4.79. The van der Waals surface area contributed by atoms with Gasteiger partial charge in [-0.1, -0.05) is 18.2 Å². The van der Waals surface area contributed by atoms with Crippen LogP contribution in [0.3, 0.4) is 0 Å². The van der Waals surface area contributed by atoms with Gasteiger partial charge < -0.3 is 26.0 Å². The van der Waals surface area contributed by atoms with Gasteiger partial charge in [0.2, 0.25) is 11.8 Å². The van der Waals surface area contributed by atoms with Crippen LogP contribution in [0, 0.1) is 5.82 Å². The first kappa shape index (κ1) is 24.2. The van der Waals surface area contributed by atoms with E-state index in [0.717, 1.165) is 0 Å². The summed E-state index contributed by atoms with van der Waals surface area (Å²) >= 11 is 0. The van der Waals surface area contributed by atoms with Crippen molar-refractivity contribution in [3.8, 4) is 5.75 Å². The van der Waals surface area contributed by atoms with E-state index in [0.29, 0.717) is 33.9 Å². The average molecular weight is 464 g/mol. The number of methoxy groups -OCH3 is 1. The van der Waals surface area contributed by atoms with Gasteiger partial charge in [0.1, 0.15) is 11.6 Å². The normalized spacial score (nSPS) is 10.2. The van der Waals surface area contributed by atoms with E-state index in [-0.39, 0.29) is 36.6 Å². The second-order valence-electron chi connectivity index (χ2n) is 7.35. The molecule has 0 aliphatic rings. The van der Waals surface area contributed by atoms with Crippen LogP contribution in [-0.4, -0.2) is 31.4 Å². The molecular weight excluding hydrogens is 439 g/mol. The summed E-state index contributed by atoms with van der Waals surface area (Å²) in [6.45, 7) is 1.44. The number of halogens is 1. The summed E-state index contributed by atoms with van der Waals surface area (Å²) in [5.74, 6) is -0.814. The molecule has 0 atom stereocenters. The Morgan fingerprint density at radius 1 is 0.912 bits per heavy atom. The molecule has 0 radical (unpaired) electrons. The van der Waals surface area contributed by atoms with Crippen molar-refractivity contribution in [2.45, 2.75) is 13.5 Å². The first-order chi connectivity index (χ1) is 16.4. The molecule has 0 saturated heterocycles. The summed E-state index contributed by atoms with van der Waals surface area (Å²) in [5, 5.41) is 11.0. The van der Waals surface area contributed by atoms with E-state index in [1.54, 1.807) is 60.7 Å². The van der Waals surface area contributed by atoms with Crippen LogP contribution in [0.4, 0.5) is 21.5 Å². The Morgan fingerprint density at radius 3 is 2.29 bits per heavy atom. The SMILES string of the molecule is COc1ccc(NC(C)=O)cc1NC(=O)CNc1ccc(C(=O)NCc2ccccc2F)cc1. The van der Waals surface area contributed by atoms with Crippen molar-refractivity contribution in [3.05, 3.63) is 83.7 Å². The van der Waals surface area contributed by atoms with Gasteiger partial charge in [-0.15, -0.1) is 0 Å². The Labute approximate surface area is 196 Å². The minimum Gasteiger partial charge on any atom is -0.495 e. The number of carbonyl (C=O) groups excluding carboxylic acids is 3. The third kappa shape index (κ3) is 6.80. The Balaban J connectivity index is 1.53. The number of carbonyl (C=O) groups is 3. The fourth-order valence-electron chi connectivity index (χ4n) is 3.12. The van der Waals surface area contributed by atoms with E-state index in [1.807, 2.05) is 0 Å². The van der Waals surface area contributed by atoms with Crippen LogP contribution in [0.1, 0.15) is 22.8 Å². The maximum Gasteiger partial charge on any atom is 0.251 e. The molecule has 3 aromatic rings. The zero-order valence-corrected chi connectivity index (χ0v) is 18.8. The molecule has 0 unspecified atom stereocenters. The van der Waals surface area contributed by atoms with Crippen molar-refractivity contribution in [1.29, 1.82) is 0 Å². The number of rotatable bonds is 9. The molecule has 3 rings (SSSR count). The molecule has 176 valence electrons. The summed E-state index contributed by atoms with van der Waals surface area (Å²) in [6, 6.07) is 17.7. The lowest BCUT2D eigenvalue weighted by molar-refractivity contribution is -0.115. The Bertz CT molecular complexity index is 1180. The van der Waals surface area contributed by atoms with Crippen molar-refractivity contribution in [3.63, 3.8) is 0 Å². The van der Waals surface area contributed by atoms with Crippen molar-refractivity contribution < 1.29 is 23.5 Å². The molecule has 8 nitrogen and oxygen atoms in total. The monoisotopic (exact) mass is 464 g/mol. The van der Waals surface area contributed by atoms with Crippen LogP contribution in [0.2, 0.25) is 0 Å². The van der Waals surface area contributed by atoms with E-state index in [1.165, 1.54) is 20.1 Å². The van der Waals surface area contributed by atoms with Gasteiger partial charge >= 0.3 is 0 Å². The molecule has 0 spiro atoms. The predicted molar refractivity (Wildman–Crippen MR) is 128 cm³/mol. The molecule has 3 aromatic carbocycles. The van der Waals surface area contributed by atoms with Crippen molar-refractivity contribution in [2.24, 2.45) is 0 Å². The summed E-state index contributed by atoms with van der Waals surface area (Å²) < 4.78 is 18.9. The highest BCUT2D eigenvalue weighted by molar-refractivity contribution is 5.97. The fraction of sp³-hybridized carbons (Fsp3) is 0.160. The number of ether oxygens (including phenoxy) is 1. The molecule has 34 heavy (non-hydrogen) atoms. The number of amides is 3. The lowest BCUT2D eigenvalue weighted by Gasteiger charge is -2.13. The van der Waals surface area contributed by atoms with Crippen LogP contribution in [0.15, 0.2) is 66.7 Å². The number of benzene rings is 3. The van der Waals surface area contributed by atoms with Crippen LogP contribution in [-0.2, 0) is 16.1 Å². The lowest BCUT2D eigenvalue weighted by atomic mass is 10.1. The smallest absolute Gasteiger partial charge is 0.251 e. The van der Waals surface area contributed by atoms with Crippen molar-refractivity contribution >= 4 is 34.8 Å². The second-order valence-corrected chi connectivity index (χ2v) is 7.35. The van der Waals surface area contributed by atoms with E-state index in [4.69, 9.17) is 4.74 Å². The van der Waals surface area contributed by atoms with E-state index in [2.05, 4.69) is 21.3 Å². The highest BCUT2D eigenvalue weighted by Gasteiger charge is 2.11. The number of hydrogen-bond donors (Lipinski definition) is 4. The summed E-state index contributed by atoms with van der Waals surface area (Å²) in [6.07, 6.45) is 0. The number of anilines is 3. The first-order valence-corrected chi connectivity index (χ1v) is 10.5. The van der Waals surface area contributed by atoms with E-state index >= 15 is 0 Å². The van der Waals surface area contributed by atoms with E-state index in [9.17, 15) is 18.8 Å². The largest absolute Gasteiger partial charge is 0.495 e. The summed E-state index contributed by atoms with van der Waals surface area (Å²) in [5.41, 5.74) is 2.40. The zero-order valence-electron chi connectivity index (χ0n) is 18.8. The lowest BCUT2D eigenvalue weighted by Crippen LogP contribution is -2.23. The number of hydrogen-bond acceptors (Lipinski definition) is 5. The minimum absolute atomic E-state index is 0.0354. The molecule has 0 aliphatic carbocycles. The molecule has 0 saturated carbocycles. The first-order valence-electron chi connectivity index (χ1n) is 10.5. The summed E-state index contributed by atoms with van der Waals surface area (Å²) in [4.78, 5) is 36.0. The molecule has 0 heterocycles.